The van der Waals surface area contributed by atoms with Crippen LogP contribution in [0.3, 0.4) is 0 Å². The van der Waals surface area contributed by atoms with Gasteiger partial charge in [0.15, 0.2) is 0 Å². The van der Waals surface area contributed by atoms with E-state index in [1.165, 1.54) is 6.07 Å². The molecular formula is C14H14N2O3. The molecule has 1 aromatic carbocycles. The summed E-state index contributed by atoms with van der Waals surface area (Å²) in [4.78, 5) is 14.8. The van der Waals surface area contributed by atoms with Crippen molar-refractivity contribution < 1.29 is 15.0 Å². The Morgan fingerprint density at radius 3 is 2.53 bits per heavy atom. The number of phenols is 1. The Hall–Kier alpha value is -2.40. The molecule has 0 unspecified atom stereocenters. The van der Waals surface area contributed by atoms with Gasteiger partial charge in [0.1, 0.15) is 11.4 Å². The Bertz CT molecular complexity index is 567. The number of aromatic carboxylic acids is 1. The Balaban J connectivity index is 1.90. The number of pyridine rings is 1. The second kappa shape index (κ2) is 5.97. The van der Waals surface area contributed by atoms with Gasteiger partial charge >= 0.3 is 5.97 Å². The summed E-state index contributed by atoms with van der Waals surface area (Å²) in [5.74, 6) is -0.792. The third-order valence-electron chi connectivity index (χ3n) is 2.60. The van der Waals surface area contributed by atoms with Crippen molar-refractivity contribution in [1.82, 2.24) is 10.3 Å². The highest BCUT2D eigenvalue weighted by Crippen LogP contribution is 2.09. The molecule has 0 bridgehead atoms. The summed E-state index contributed by atoms with van der Waals surface area (Å²) in [5, 5.41) is 21.2. The molecule has 0 saturated carbocycles. The predicted molar refractivity (Wildman–Crippen MR) is 69.8 cm³/mol. The maximum Gasteiger partial charge on any atom is 0.354 e. The van der Waals surface area contributed by atoms with Crippen LogP contribution in [0.5, 0.6) is 5.75 Å². The predicted octanol–water partition coefficient (Wildman–Crippen LogP) is 1.78. The Morgan fingerprint density at radius 1 is 1.11 bits per heavy atom. The molecule has 2 aromatic rings. The fourth-order valence-electron chi connectivity index (χ4n) is 1.65. The molecule has 0 radical (unpaired) electrons. The van der Waals surface area contributed by atoms with Crippen LogP contribution < -0.4 is 5.32 Å². The molecule has 0 aliphatic heterocycles. The van der Waals surface area contributed by atoms with E-state index in [1.807, 2.05) is 12.1 Å². The SMILES string of the molecule is O=C(O)c1cccc(CNCc2ccc(O)cc2)n1. The number of benzene rings is 1. The third-order valence-corrected chi connectivity index (χ3v) is 2.60. The first-order valence-corrected chi connectivity index (χ1v) is 5.83. The number of rotatable bonds is 5. The van der Waals surface area contributed by atoms with E-state index < -0.39 is 5.97 Å². The molecule has 0 aliphatic rings. The van der Waals surface area contributed by atoms with Gasteiger partial charge in [-0.05, 0) is 29.8 Å². The zero-order valence-corrected chi connectivity index (χ0v) is 10.2. The van der Waals surface area contributed by atoms with E-state index in [-0.39, 0.29) is 11.4 Å². The molecule has 2 rings (SSSR count). The lowest BCUT2D eigenvalue weighted by Gasteiger charge is -2.05. The van der Waals surface area contributed by atoms with Crippen molar-refractivity contribution in [3.8, 4) is 5.75 Å². The maximum absolute atomic E-state index is 10.8. The highest BCUT2D eigenvalue weighted by atomic mass is 16.4. The highest BCUT2D eigenvalue weighted by Gasteiger charge is 2.04. The van der Waals surface area contributed by atoms with Gasteiger partial charge in [0.25, 0.3) is 0 Å². The van der Waals surface area contributed by atoms with Gasteiger partial charge in [-0.1, -0.05) is 18.2 Å². The van der Waals surface area contributed by atoms with Crippen LogP contribution in [0.4, 0.5) is 0 Å². The number of aromatic nitrogens is 1. The van der Waals surface area contributed by atoms with E-state index in [1.54, 1.807) is 24.3 Å². The number of carboxylic acids is 1. The van der Waals surface area contributed by atoms with Crippen molar-refractivity contribution >= 4 is 5.97 Å². The second-order valence-electron chi connectivity index (χ2n) is 4.09. The quantitative estimate of drug-likeness (QED) is 0.761. The molecule has 1 aromatic heterocycles. The first-order chi connectivity index (χ1) is 9.15. The standard InChI is InChI=1S/C14H14N2O3/c17-12-6-4-10(5-7-12)8-15-9-11-2-1-3-13(16-11)14(18)19/h1-7,15,17H,8-9H2,(H,18,19). The van der Waals surface area contributed by atoms with E-state index in [9.17, 15) is 4.79 Å². The van der Waals surface area contributed by atoms with Crippen LogP contribution >= 0.6 is 0 Å². The maximum atomic E-state index is 10.8. The molecule has 5 nitrogen and oxygen atoms in total. The van der Waals surface area contributed by atoms with Crippen molar-refractivity contribution in [3.63, 3.8) is 0 Å². The molecule has 0 aliphatic carbocycles. The van der Waals surface area contributed by atoms with Gasteiger partial charge in [-0.3, -0.25) is 0 Å². The normalized spacial score (nSPS) is 10.3. The van der Waals surface area contributed by atoms with Crippen LogP contribution in [0.25, 0.3) is 0 Å². The molecule has 0 fully saturated rings. The number of hydrogen-bond acceptors (Lipinski definition) is 4. The molecule has 0 amide bonds. The minimum absolute atomic E-state index is 0.0453. The van der Waals surface area contributed by atoms with E-state index in [0.29, 0.717) is 18.8 Å². The number of carbonyl (C=O) groups is 1. The molecular weight excluding hydrogens is 244 g/mol. The summed E-state index contributed by atoms with van der Waals surface area (Å²) < 4.78 is 0. The monoisotopic (exact) mass is 258 g/mol. The molecule has 0 spiro atoms. The minimum Gasteiger partial charge on any atom is -0.508 e. The van der Waals surface area contributed by atoms with Gasteiger partial charge in [-0.2, -0.15) is 0 Å². The van der Waals surface area contributed by atoms with Gasteiger partial charge in [0, 0.05) is 13.1 Å². The highest BCUT2D eigenvalue weighted by molar-refractivity contribution is 5.85. The Labute approximate surface area is 110 Å². The molecule has 5 heteroatoms. The summed E-state index contributed by atoms with van der Waals surface area (Å²) in [5.41, 5.74) is 1.76. The van der Waals surface area contributed by atoms with Crippen LogP contribution in [0, 0.1) is 0 Å². The van der Waals surface area contributed by atoms with Gasteiger partial charge in [-0.25, -0.2) is 9.78 Å². The van der Waals surface area contributed by atoms with Crippen LogP contribution in [0.2, 0.25) is 0 Å². The summed E-state index contributed by atoms with van der Waals surface area (Å²) >= 11 is 0. The number of carboxylic acid groups (broad SMARTS) is 1. The fourth-order valence-corrected chi connectivity index (χ4v) is 1.65. The number of phenolic OH excluding ortho intramolecular Hbond substituents is 1. The van der Waals surface area contributed by atoms with Crippen molar-refractivity contribution in [1.29, 1.82) is 0 Å². The number of nitrogens with zero attached hydrogens (tertiary/aromatic N) is 1. The molecule has 0 saturated heterocycles. The van der Waals surface area contributed by atoms with E-state index in [2.05, 4.69) is 10.3 Å². The summed E-state index contributed by atoms with van der Waals surface area (Å²) in [6.07, 6.45) is 0. The topological polar surface area (TPSA) is 82.5 Å². The second-order valence-corrected chi connectivity index (χ2v) is 4.09. The van der Waals surface area contributed by atoms with Crippen molar-refractivity contribution in [2.45, 2.75) is 13.1 Å². The number of nitrogens with one attached hydrogen (secondary N) is 1. The average molecular weight is 258 g/mol. The van der Waals surface area contributed by atoms with E-state index >= 15 is 0 Å². The van der Waals surface area contributed by atoms with E-state index in [4.69, 9.17) is 10.2 Å². The van der Waals surface area contributed by atoms with Crippen molar-refractivity contribution in [2.75, 3.05) is 0 Å². The van der Waals surface area contributed by atoms with E-state index in [0.717, 1.165) is 5.56 Å². The van der Waals surface area contributed by atoms with Gasteiger partial charge in [0.2, 0.25) is 0 Å². The minimum atomic E-state index is -1.03. The molecule has 0 atom stereocenters. The number of aromatic hydroxyl groups is 1. The molecule has 98 valence electrons. The van der Waals surface area contributed by atoms with Crippen molar-refractivity contribution in [3.05, 3.63) is 59.4 Å². The first-order valence-electron chi connectivity index (χ1n) is 5.83. The third kappa shape index (κ3) is 3.79. The first kappa shape index (κ1) is 13.0. The van der Waals surface area contributed by atoms with Gasteiger partial charge in [0.05, 0.1) is 5.69 Å². The van der Waals surface area contributed by atoms with Crippen LogP contribution in [0.15, 0.2) is 42.5 Å². The van der Waals surface area contributed by atoms with Gasteiger partial charge < -0.3 is 15.5 Å². The largest absolute Gasteiger partial charge is 0.508 e. The van der Waals surface area contributed by atoms with Crippen molar-refractivity contribution in [2.24, 2.45) is 0 Å². The lowest BCUT2D eigenvalue weighted by atomic mass is 10.2. The summed E-state index contributed by atoms with van der Waals surface area (Å²) in [6, 6.07) is 11.8. The molecule has 19 heavy (non-hydrogen) atoms. The zero-order valence-electron chi connectivity index (χ0n) is 10.2. The molecule has 3 N–H and O–H groups in total. The fraction of sp³-hybridized carbons (Fsp3) is 0.143. The van der Waals surface area contributed by atoms with Crippen LogP contribution in [-0.4, -0.2) is 21.2 Å². The van der Waals surface area contributed by atoms with Gasteiger partial charge in [-0.15, -0.1) is 0 Å². The average Bonchev–Trinajstić information content (AvgIpc) is 2.41. The summed E-state index contributed by atoms with van der Waals surface area (Å²) in [6.45, 7) is 1.11. The van der Waals surface area contributed by atoms with Crippen LogP contribution in [0.1, 0.15) is 21.7 Å². The lowest BCUT2D eigenvalue weighted by Crippen LogP contribution is -2.14. The smallest absolute Gasteiger partial charge is 0.354 e. The van der Waals surface area contributed by atoms with Crippen LogP contribution in [-0.2, 0) is 13.1 Å². The zero-order chi connectivity index (χ0) is 13.7. The summed E-state index contributed by atoms with van der Waals surface area (Å²) in [7, 11) is 0. The molecule has 1 heterocycles. The Kier molecular flexibility index (Phi) is 4.10. The lowest BCUT2D eigenvalue weighted by molar-refractivity contribution is 0.0690. The number of hydrogen-bond donors (Lipinski definition) is 3. The Morgan fingerprint density at radius 2 is 1.84 bits per heavy atom.